The highest BCUT2D eigenvalue weighted by Gasteiger charge is 2.22. The van der Waals surface area contributed by atoms with E-state index in [2.05, 4.69) is 20.7 Å². The van der Waals surface area contributed by atoms with Gasteiger partial charge in [-0.1, -0.05) is 28.4 Å². The van der Waals surface area contributed by atoms with Crippen LogP contribution in [0.5, 0.6) is 0 Å². The van der Waals surface area contributed by atoms with E-state index in [1.807, 2.05) is 0 Å². The quantitative estimate of drug-likeness (QED) is 0.858. The molecule has 1 fully saturated rings. The molecule has 6 heteroatoms. The minimum atomic E-state index is -3.28. The lowest BCUT2D eigenvalue weighted by atomic mass is 9.89. The van der Waals surface area contributed by atoms with E-state index in [0.717, 1.165) is 12.8 Å². The smallest absolute Gasteiger partial charge is 0.210 e. The third-order valence-corrected chi connectivity index (χ3v) is 6.69. The molecule has 96 valence electrons. The van der Waals surface area contributed by atoms with Crippen LogP contribution in [0.3, 0.4) is 0 Å². The van der Waals surface area contributed by atoms with Crippen LogP contribution in [0.4, 0.5) is 0 Å². The van der Waals surface area contributed by atoms with Crippen molar-refractivity contribution in [3.05, 3.63) is 17.5 Å². The van der Waals surface area contributed by atoms with Crippen molar-refractivity contribution in [2.45, 2.75) is 34.7 Å². The van der Waals surface area contributed by atoms with Gasteiger partial charge in [0, 0.05) is 11.4 Å². The lowest BCUT2D eigenvalue weighted by Crippen LogP contribution is -2.31. The average molecular weight is 338 g/mol. The van der Waals surface area contributed by atoms with Crippen molar-refractivity contribution in [2.24, 2.45) is 5.92 Å². The molecule has 1 N–H and O–H groups in total. The van der Waals surface area contributed by atoms with Gasteiger partial charge in [0.25, 0.3) is 0 Å². The first kappa shape index (κ1) is 13.5. The molecule has 1 heterocycles. The van der Waals surface area contributed by atoms with E-state index in [9.17, 15) is 8.42 Å². The predicted octanol–water partition coefficient (Wildman–Crippen LogP) is 2.98. The Hall–Kier alpha value is 0.0900. The summed E-state index contributed by atoms with van der Waals surface area (Å²) in [6.07, 6.45) is 4.57. The Bertz CT molecular complexity index is 444. The van der Waals surface area contributed by atoms with Crippen LogP contribution in [0.15, 0.2) is 21.7 Å². The second kappa shape index (κ2) is 5.82. The van der Waals surface area contributed by atoms with Gasteiger partial charge >= 0.3 is 0 Å². The molecule has 0 bridgehead atoms. The van der Waals surface area contributed by atoms with Crippen LogP contribution in [0.25, 0.3) is 0 Å². The highest BCUT2D eigenvalue weighted by atomic mass is 79.9. The summed E-state index contributed by atoms with van der Waals surface area (Å²) in [5.41, 5.74) is 0. The van der Waals surface area contributed by atoms with Gasteiger partial charge in [-0.2, -0.15) is 0 Å². The second-order valence-corrected chi connectivity index (χ2v) is 8.65. The fraction of sp³-hybridized carbons (Fsp3) is 0.636. The fourth-order valence-electron chi connectivity index (χ4n) is 2.13. The van der Waals surface area contributed by atoms with Crippen molar-refractivity contribution >= 4 is 37.3 Å². The molecule has 2 rings (SSSR count). The number of rotatable bonds is 4. The Balaban J connectivity index is 1.89. The summed E-state index contributed by atoms with van der Waals surface area (Å²) in [7, 11) is -3.28. The van der Waals surface area contributed by atoms with Gasteiger partial charge < -0.3 is 0 Å². The minimum Gasteiger partial charge on any atom is -0.210 e. The number of halogens is 1. The topological polar surface area (TPSA) is 46.2 Å². The van der Waals surface area contributed by atoms with E-state index in [1.54, 1.807) is 17.5 Å². The van der Waals surface area contributed by atoms with Crippen molar-refractivity contribution in [3.63, 3.8) is 0 Å². The van der Waals surface area contributed by atoms with E-state index < -0.39 is 10.0 Å². The molecule has 1 saturated carbocycles. The molecule has 2 unspecified atom stereocenters. The minimum absolute atomic E-state index is 0.406. The third-order valence-electron chi connectivity index (χ3n) is 3.04. The summed E-state index contributed by atoms with van der Waals surface area (Å²) >= 11 is 4.87. The molecule has 0 aliphatic heterocycles. The van der Waals surface area contributed by atoms with E-state index in [4.69, 9.17) is 0 Å². The maximum Gasteiger partial charge on any atom is 0.250 e. The van der Waals surface area contributed by atoms with Gasteiger partial charge in [0.15, 0.2) is 0 Å². The van der Waals surface area contributed by atoms with Crippen molar-refractivity contribution in [1.29, 1.82) is 0 Å². The summed E-state index contributed by atoms with van der Waals surface area (Å²) in [5, 5.41) is 1.78. The van der Waals surface area contributed by atoms with Crippen molar-refractivity contribution in [3.8, 4) is 0 Å². The molecule has 1 aromatic rings. The molecular weight excluding hydrogens is 322 g/mol. The Morgan fingerprint density at radius 2 is 2.29 bits per heavy atom. The van der Waals surface area contributed by atoms with Crippen LogP contribution < -0.4 is 4.72 Å². The van der Waals surface area contributed by atoms with Crippen LogP contribution in [-0.2, 0) is 10.0 Å². The van der Waals surface area contributed by atoms with Gasteiger partial charge in [-0.25, -0.2) is 13.1 Å². The molecule has 3 nitrogen and oxygen atoms in total. The first-order valence-corrected chi connectivity index (χ1v) is 9.03. The number of nitrogens with one attached hydrogen (secondary N) is 1. The molecule has 17 heavy (non-hydrogen) atoms. The van der Waals surface area contributed by atoms with Gasteiger partial charge in [-0.15, -0.1) is 11.3 Å². The van der Waals surface area contributed by atoms with Crippen LogP contribution in [0.1, 0.15) is 25.7 Å². The summed E-state index contributed by atoms with van der Waals surface area (Å²) < 4.78 is 26.9. The van der Waals surface area contributed by atoms with Crippen LogP contribution >= 0.6 is 27.3 Å². The zero-order valence-corrected chi connectivity index (χ0v) is 12.7. The number of hydrogen-bond acceptors (Lipinski definition) is 3. The number of thiophene rings is 1. The highest BCUT2D eigenvalue weighted by molar-refractivity contribution is 9.09. The molecule has 2 atom stereocenters. The summed E-state index contributed by atoms with van der Waals surface area (Å²) in [4.78, 5) is 0.549. The van der Waals surface area contributed by atoms with Crippen molar-refractivity contribution in [1.82, 2.24) is 4.72 Å². The van der Waals surface area contributed by atoms with Crippen LogP contribution in [0, 0.1) is 5.92 Å². The molecule has 1 aliphatic carbocycles. The zero-order valence-electron chi connectivity index (χ0n) is 9.43. The molecule has 0 spiro atoms. The van der Waals surface area contributed by atoms with Gasteiger partial charge in [0.1, 0.15) is 4.21 Å². The number of hydrogen-bond donors (Lipinski definition) is 1. The third kappa shape index (κ3) is 3.77. The number of sulfonamides is 1. The first-order chi connectivity index (χ1) is 8.08. The maximum atomic E-state index is 11.9. The molecular formula is C11H16BrNO2S2. The molecule has 0 radical (unpaired) electrons. The maximum absolute atomic E-state index is 11.9. The number of alkyl halides is 1. The SMILES string of the molecule is O=S(=O)(NCC1CCCC(Br)C1)c1cccs1. The van der Waals surface area contributed by atoms with E-state index in [0.29, 0.717) is 21.5 Å². The molecule has 0 saturated heterocycles. The standard InChI is InChI=1S/C11H16BrNO2S2/c12-10-4-1-3-9(7-10)8-13-17(14,15)11-5-2-6-16-11/h2,5-6,9-10,13H,1,3-4,7-8H2. The van der Waals surface area contributed by atoms with Crippen LogP contribution in [-0.4, -0.2) is 19.8 Å². The largest absolute Gasteiger partial charge is 0.250 e. The first-order valence-electron chi connectivity index (χ1n) is 5.75. The average Bonchev–Trinajstić information content (AvgIpc) is 2.81. The van der Waals surface area contributed by atoms with E-state index in [-0.39, 0.29) is 0 Å². The second-order valence-electron chi connectivity index (χ2n) is 4.41. The Morgan fingerprint density at radius 1 is 1.47 bits per heavy atom. The zero-order chi connectivity index (χ0) is 12.3. The van der Waals surface area contributed by atoms with Gasteiger partial charge in [0.2, 0.25) is 10.0 Å². The lowest BCUT2D eigenvalue weighted by molar-refractivity contribution is 0.368. The Labute approximate surface area is 115 Å². The monoisotopic (exact) mass is 337 g/mol. The van der Waals surface area contributed by atoms with Gasteiger partial charge in [-0.3, -0.25) is 0 Å². The van der Waals surface area contributed by atoms with E-state index in [1.165, 1.54) is 24.2 Å². The molecule has 0 amide bonds. The normalized spacial score (nSPS) is 25.9. The highest BCUT2D eigenvalue weighted by Crippen LogP contribution is 2.28. The predicted molar refractivity (Wildman–Crippen MR) is 74.2 cm³/mol. The molecule has 0 aromatic carbocycles. The Morgan fingerprint density at radius 3 is 2.94 bits per heavy atom. The van der Waals surface area contributed by atoms with E-state index >= 15 is 0 Å². The summed E-state index contributed by atoms with van der Waals surface area (Å²) in [5.74, 6) is 0.461. The summed E-state index contributed by atoms with van der Waals surface area (Å²) in [6.45, 7) is 0.558. The lowest BCUT2D eigenvalue weighted by Gasteiger charge is -2.25. The van der Waals surface area contributed by atoms with Gasteiger partial charge in [0.05, 0.1) is 0 Å². The van der Waals surface area contributed by atoms with Crippen molar-refractivity contribution in [2.75, 3.05) is 6.54 Å². The molecule has 1 aliphatic rings. The fourth-order valence-corrected chi connectivity index (χ4v) is 5.13. The molecule has 1 aromatic heterocycles. The summed E-state index contributed by atoms with van der Waals surface area (Å²) in [6, 6.07) is 3.40. The van der Waals surface area contributed by atoms with Crippen LogP contribution in [0.2, 0.25) is 0 Å². The Kier molecular flexibility index (Phi) is 4.63. The van der Waals surface area contributed by atoms with Crippen molar-refractivity contribution < 1.29 is 8.42 Å². The van der Waals surface area contributed by atoms with Gasteiger partial charge in [-0.05, 0) is 36.6 Å².